The van der Waals surface area contributed by atoms with Crippen LogP contribution in [-0.4, -0.2) is 17.3 Å². The molecule has 2 rings (SSSR count). The maximum Gasteiger partial charge on any atom is 0.360 e. The Morgan fingerprint density at radius 2 is 2.35 bits per heavy atom. The second kappa shape index (κ2) is 4.52. The molecule has 0 aliphatic carbocycles. The van der Waals surface area contributed by atoms with Gasteiger partial charge < -0.3 is 5.21 Å². The Balaban J connectivity index is 2.15. The van der Waals surface area contributed by atoms with Gasteiger partial charge in [0, 0.05) is 11.8 Å². The fourth-order valence-electron chi connectivity index (χ4n) is 1.25. The molecule has 0 atom stereocenters. The second-order valence-electron chi connectivity index (χ2n) is 3.45. The molecule has 88 valence electrons. The SMILES string of the molecule is CC1=CN(/N=C/c2ccc[n+]([O-])c2)C(=O)NN1. The molecule has 0 unspecified atom stereocenters. The molecule has 7 heteroatoms. The Hall–Kier alpha value is -2.57. The van der Waals surface area contributed by atoms with Crippen molar-refractivity contribution in [2.45, 2.75) is 6.92 Å². The lowest BCUT2D eigenvalue weighted by atomic mass is 10.3. The number of pyridine rings is 1. The third-order valence-corrected chi connectivity index (χ3v) is 2.02. The average molecular weight is 233 g/mol. The molecule has 1 aliphatic rings. The molecule has 7 nitrogen and oxygen atoms in total. The number of carbonyl (C=O) groups is 1. The van der Waals surface area contributed by atoms with E-state index in [1.54, 1.807) is 25.3 Å². The molecule has 1 aromatic heterocycles. The number of rotatable bonds is 2. The van der Waals surface area contributed by atoms with Gasteiger partial charge in [0.1, 0.15) is 0 Å². The number of nitrogens with one attached hydrogen (secondary N) is 2. The zero-order chi connectivity index (χ0) is 12.3. The molecule has 2 heterocycles. The van der Waals surface area contributed by atoms with Gasteiger partial charge in [0.2, 0.25) is 0 Å². The first kappa shape index (κ1) is 10.9. The molecule has 0 saturated heterocycles. The normalized spacial score (nSPS) is 15.5. The molecule has 0 bridgehead atoms. The molecule has 0 saturated carbocycles. The number of allylic oxidation sites excluding steroid dienone is 1. The summed E-state index contributed by atoms with van der Waals surface area (Å²) in [5.74, 6) is 0. The van der Waals surface area contributed by atoms with E-state index >= 15 is 0 Å². The van der Waals surface area contributed by atoms with Crippen LogP contribution in [0.2, 0.25) is 0 Å². The lowest BCUT2D eigenvalue weighted by molar-refractivity contribution is -0.605. The van der Waals surface area contributed by atoms with Crippen molar-refractivity contribution in [2.24, 2.45) is 5.10 Å². The van der Waals surface area contributed by atoms with Crippen LogP contribution in [0.25, 0.3) is 0 Å². The Bertz CT molecular complexity index is 497. The first-order valence-electron chi connectivity index (χ1n) is 4.91. The van der Waals surface area contributed by atoms with Gasteiger partial charge in [0.15, 0.2) is 12.4 Å². The third-order valence-electron chi connectivity index (χ3n) is 2.02. The number of hydrogen-bond acceptors (Lipinski definition) is 4. The average Bonchev–Trinajstić information content (AvgIpc) is 2.30. The number of amides is 2. The zero-order valence-corrected chi connectivity index (χ0v) is 9.12. The van der Waals surface area contributed by atoms with Crippen molar-refractivity contribution in [3.05, 3.63) is 47.2 Å². The molecule has 0 aromatic carbocycles. The summed E-state index contributed by atoms with van der Waals surface area (Å²) in [7, 11) is 0. The molecule has 2 N–H and O–H groups in total. The van der Waals surface area contributed by atoms with Gasteiger partial charge in [-0.1, -0.05) is 0 Å². The largest absolute Gasteiger partial charge is 0.619 e. The minimum absolute atomic E-state index is 0.391. The van der Waals surface area contributed by atoms with Crippen molar-refractivity contribution in [2.75, 3.05) is 0 Å². The quantitative estimate of drug-likeness (QED) is 0.430. The van der Waals surface area contributed by atoms with E-state index in [4.69, 9.17) is 0 Å². The Labute approximate surface area is 97.6 Å². The summed E-state index contributed by atoms with van der Waals surface area (Å²) < 4.78 is 0.667. The first-order chi connectivity index (χ1) is 8.15. The smallest absolute Gasteiger partial charge is 0.360 e. The molecule has 0 radical (unpaired) electrons. The van der Waals surface area contributed by atoms with Crippen LogP contribution in [-0.2, 0) is 0 Å². The topological polar surface area (TPSA) is 83.7 Å². The third kappa shape index (κ3) is 2.71. The number of nitrogens with zero attached hydrogens (tertiary/aromatic N) is 3. The van der Waals surface area contributed by atoms with Gasteiger partial charge in [0.25, 0.3) is 0 Å². The van der Waals surface area contributed by atoms with E-state index in [1.807, 2.05) is 0 Å². The molecule has 17 heavy (non-hydrogen) atoms. The standard InChI is InChI=1S/C10H11N5O2/c1-8-6-15(10(16)13-12-8)11-5-9-3-2-4-14(17)7-9/h2-7,12H,1H3,(H,13,16)/b11-5+. The van der Waals surface area contributed by atoms with Crippen LogP contribution < -0.4 is 15.6 Å². The molecular formula is C10H11N5O2. The molecular weight excluding hydrogens is 222 g/mol. The maximum atomic E-state index is 11.4. The highest BCUT2D eigenvalue weighted by Crippen LogP contribution is 2.01. The summed E-state index contributed by atoms with van der Waals surface area (Å²) in [6.45, 7) is 1.79. The van der Waals surface area contributed by atoms with Gasteiger partial charge in [-0.15, -0.1) is 0 Å². The number of hydrazine groups is 1. The number of carbonyl (C=O) groups excluding carboxylic acids is 1. The van der Waals surface area contributed by atoms with Gasteiger partial charge >= 0.3 is 6.03 Å². The molecule has 1 aromatic rings. The minimum atomic E-state index is -0.391. The number of hydrazone groups is 1. The summed E-state index contributed by atoms with van der Waals surface area (Å²) >= 11 is 0. The summed E-state index contributed by atoms with van der Waals surface area (Å²) in [5, 5.41) is 16.1. The Kier molecular flexibility index (Phi) is 2.91. The first-order valence-corrected chi connectivity index (χ1v) is 4.91. The molecule has 1 aliphatic heterocycles. The van der Waals surface area contributed by atoms with E-state index in [-0.39, 0.29) is 0 Å². The summed E-state index contributed by atoms with van der Waals surface area (Å²) in [4.78, 5) is 11.4. The molecule has 2 amide bonds. The zero-order valence-electron chi connectivity index (χ0n) is 9.12. The fourth-order valence-corrected chi connectivity index (χ4v) is 1.25. The number of aromatic nitrogens is 1. The van der Waals surface area contributed by atoms with Gasteiger partial charge in [-0.2, -0.15) is 14.8 Å². The van der Waals surface area contributed by atoms with Crippen LogP contribution in [0.3, 0.4) is 0 Å². The minimum Gasteiger partial charge on any atom is -0.619 e. The van der Waals surface area contributed by atoms with Crippen LogP contribution in [0, 0.1) is 5.21 Å². The monoisotopic (exact) mass is 233 g/mol. The summed E-state index contributed by atoms with van der Waals surface area (Å²) in [5.41, 5.74) is 6.45. The van der Waals surface area contributed by atoms with E-state index in [1.165, 1.54) is 18.6 Å². The van der Waals surface area contributed by atoms with E-state index in [9.17, 15) is 10.0 Å². The lowest BCUT2D eigenvalue weighted by Gasteiger charge is -2.21. The highest BCUT2D eigenvalue weighted by atomic mass is 16.5. The van der Waals surface area contributed by atoms with Crippen LogP contribution in [0.4, 0.5) is 4.79 Å². The highest BCUT2D eigenvalue weighted by molar-refractivity contribution is 5.82. The van der Waals surface area contributed by atoms with Crippen molar-refractivity contribution in [3.8, 4) is 0 Å². The second-order valence-corrected chi connectivity index (χ2v) is 3.45. The van der Waals surface area contributed by atoms with E-state index < -0.39 is 6.03 Å². The molecule has 0 fully saturated rings. The van der Waals surface area contributed by atoms with E-state index in [0.717, 1.165) is 10.7 Å². The van der Waals surface area contributed by atoms with E-state index in [0.29, 0.717) is 10.3 Å². The predicted octanol–water partition coefficient (Wildman–Crippen LogP) is 0.0450. The van der Waals surface area contributed by atoms with Crippen LogP contribution >= 0.6 is 0 Å². The lowest BCUT2D eigenvalue weighted by Crippen LogP contribution is -2.46. The fraction of sp³-hybridized carbons (Fsp3) is 0.100. The van der Waals surface area contributed by atoms with Gasteiger partial charge in [0.05, 0.1) is 18.0 Å². The van der Waals surface area contributed by atoms with Crippen LogP contribution in [0.1, 0.15) is 12.5 Å². The van der Waals surface area contributed by atoms with Crippen molar-refractivity contribution in [1.29, 1.82) is 0 Å². The predicted molar refractivity (Wildman–Crippen MR) is 60.3 cm³/mol. The summed E-state index contributed by atoms with van der Waals surface area (Å²) in [6.07, 6.45) is 5.71. The van der Waals surface area contributed by atoms with Gasteiger partial charge in [-0.3, -0.25) is 5.43 Å². The molecule has 0 spiro atoms. The van der Waals surface area contributed by atoms with Crippen LogP contribution in [0.5, 0.6) is 0 Å². The van der Waals surface area contributed by atoms with Gasteiger partial charge in [-0.05, 0) is 13.0 Å². The van der Waals surface area contributed by atoms with Crippen molar-refractivity contribution in [3.63, 3.8) is 0 Å². The van der Waals surface area contributed by atoms with Crippen molar-refractivity contribution in [1.82, 2.24) is 15.9 Å². The van der Waals surface area contributed by atoms with Gasteiger partial charge in [-0.25, -0.2) is 10.2 Å². The highest BCUT2D eigenvalue weighted by Gasteiger charge is 2.14. The van der Waals surface area contributed by atoms with E-state index in [2.05, 4.69) is 16.0 Å². The van der Waals surface area contributed by atoms with Crippen LogP contribution in [0.15, 0.2) is 41.5 Å². The summed E-state index contributed by atoms with van der Waals surface area (Å²) in [6, 6.07) is 2.93. The Morgan fingerprint density at radius 3 is 3.12 bits per heavy atom. The Morgan fingerprint density at radius 1 is 1.53 bits per heavy atom. The number of urea groups is 1. The maximum absolute atomic E-state index is 11.4. The number of hydrogen-bond donors (Lipinski definition) is 2. The van der Waals surface area contributed by atoms with Crippen molar-refractivity contribution >= 4 is 12.2 Å². The van der Waals surface area contributed by atoms with Crippen molar-refractivity contribution < 1.29 is 9.52 Å².